The molecule has 2 heterocycles. The van der Waals surface area contributed by atoms with Gasteiger partial charge in [-0.1, -0.05) is 19.1 Å². The summed E-state index contributed by atoms with van der Waals surface area (Å²) in [5, 5.41) is 5.67. The van der Waals surface area contributed by atoms with Gasteiger partial charge < -0.3 is 10.6 Å². The molecule has 7 heteroatoms. The zero-order valence-electron chi connectivity index (χ0n) is 15.1. The van der Waals surface area contributed by atoms with Gasteiger partial charge in [0.2, 0.25) is 17.6 Å². The minimum atomic E-state index is -0.121. The summed E-state index contributed by atoms with van der Waals surface area (Å²) < 4.78 is 1.86. The Morgan fingerprint density at radius 3 is 2.74 bits per heavy atom. The molecule has 27 heavy (non-hydrogen) atoms. The predicted molar refractivity (Wildman–Crippen MR) is 102 cm³/mol. The highest BCUT2D eigenvalue weighted by atomic mass is 16.2. The fraction of sp³-hybridized carbons (Fsp3) is 0.300. The van der Waals surface area contributed by atoms with E-state index in [-0.39, 0.29) is 24.2 Å². The fourth-order valence-electron chi connectivity index (χ4n) is 3.03. The van der Waals surface area contributed by atoms with Crippen LogP contribution in [0.4, 0.5) is 5.69 Å². The monoisotopic (exact) mass is 363 g/mol. The van der Waals surface area contributed by atoms with Crippen LogP contribution in [-0.4, -0.2) is 32.7 Å². The van der Waals surface area contributed by atoms with Crippen molar-refractivity contribution in [3.8, 4) is 11.3 Å². The molecule has 2 aromatic heterocycles. The van der Waals surface area contributed by atoms with Crippen LogP contribution in [0.1, 0.15) is 19.8 Å². The molecular weight excluding hydrogens is 342 g/mol. The number of hydrogen-bond acceptors (Lipinski definition) is 4. The number of fused-ring (bicyclic) bond motifs is 1. The van der Waals surface area contributed by atoms with Crippen molar-refractivity contribution in [1.29, 1.82) is 0 Å². The number of benzene rings is 1. The average Bonchev–Trinajstić information content (AvgIpc) is 3.24. The summed E-state index contributed by atoms with van der Waals surface area (Å²) in [5.41, 5.74) is 2.49. The number of rotatable bonds is 6. The van der Waals surface area contributed by atoms with Gasteiger partial charge in [-0.3, -0.25) is 14.0 Å². The maximum absolute atomic E-state index is 12.0. The molecule has 0 saturated heterocycles. The summed E-state index contributed by atoms with van der Waals surface area (Å²) in [6, 6.07) is 9.36. The molecule has 2 atom stereocenters. The molecule has 3 aromatic rings. The Labute approximate surface area is 156 Å². The number of amides is 2. The maximum atomic E-state index is 12.0. The van der Waals surface area contributed by atoms with E-state index in [9.17, 15) is 9.59 Å². The van der Waals surface area contributed by atoms with E-state index in [1.165, 1.54) is 0 Å². The minimum Gasteiger partial charge on any atom is -0.355 e. The van der Waals surface area contributed by atoms with Crippen molar-refractivity contribution in [3.63, 3.8) is 0 Å². The third-order valence-corrected chi connectivity index (χ3v) is 4.80. The highest BCUT2D eigenvalue weighted by molar-refractivity contribution is 5.91. The largest absolute Gasteiger partial charge is 0.355 e. The zero-order valence-corrected chi connectivity index (χ0v) is 15.1. The second-order valence-electron chi connectivity index (χ2n) is 6.94. The first-order valence-electron chi connectivity index (χ1n) is 9.08. The molecule has 1 fully saturated rings. The van der Waals surface area contributed by atoms with E-state index in [1.807, 2.05) is 47.1 Å². The van der Waals surface area contributed by atoms with Crippen molar-refractivity contribution in [2.75, 3.05) is 11.9 Å². The van der Waals surface area contributed by atoms with Crippen LogP contribution >= 0.6 is 0 Å². The van der Waals surface area contributed by atoms with Crippen LogP contribution in [0.25, 0.3) is 17.0 Å². The second-order valence-corrected chi connectivity index (χ2v) is 6.94. The predicted octanol–water partition coefficient (Wildman–Crippen LogP) is 2.50. The lowest BCUT2D eigenvalue weighted by Gasteiger charge is -2.07. The highest BCUT2D eigenvalue weighted by Gasteiger charge is 2.38. The Hall–Kier alpha value is -3.22. The lowest BCUT2D eigenvalue weighted by molar-refractivity contribution is -0.122. The van der Waals surface area contributed by atoms with Crippen LogP contribution in [0.2, 0.25) is 0 Å². The van der Waals surface area contributed by atoms with Crippen LogP contribution < -0.4 is 10.6 Å². The normalized spacial score (nSPS) is 18.3. The molecule has 2 N–H and O–H groups in total. The van der Waals surface area contributed by atoms with Crippen molar-refractivity contribution >= 4 is 23.3 Å². The van der Waals surface area contributed by atoms with Gasteiger partial charge in [0.1, 0.15) is 0 Å². The Bertz CT molecular complexity index is 946. The number of nitrogens with zero attached hydrogens (tertiary/aromatic N) is 3. The summed E-state index contributed by atoms with van der Waals surface area (Å²) in [7, 11) is 0. The molecular formula is C20H21N5O2. The summed E-state index contributed by atoms with van der Waals surface area (Å²) in [5.74, 6) is 1.19. The van der Waals surface area contributed by atoms with E-state index in [4.69, 9.17) is 0 Å². The molecule has 7 nitrogen and oxygen atoms in total. The number of nitrogens with one attached hydrogen (secondary N) is 2. The fourth-order valence-corrected chi connectivity index (χ4v) is 3.03. The molecule has 1 aromatic carbocycles. The zero-order chi connectivity index (χ0) is 18.8. The number of imidazole rings is 1. The Balaban J connectivity index is 1.30. The third kappa shape index (κ3) is 3.97. The Morgan fingerprint density at radius 1 is 1.26 bits per heavy atom. The lowest BCUT2D eigenvalue weighted by Crippen LogP contribution is -2.29. The molecule has 138 valence electrons. The van der Waals surface area contributed by atoms with Crippen LogP contribution in [0.3, 0.4) is 0 Å². The van der Waals surface area contributed by atoms with Gasteiger partial charge in [-0.2, -0.15) is 0 Å². The van der Waals surface area contributed by atoms with Crippen LogP contribution in [0.5, 0.6) is 0 Å². The van der Waals surface area contributed by atoms with E-state index >= 15 is 0 Å². The maximum Gasteiger partial charge on any atom is 0.234 e. The number of carbonyl (C=O) groups excluding carboxylic acids is 2. The minimum absolute atomic E-state index is 0.0570. The van der Waals surface area contributed by atoms with Crippen LogP contribution in [0, 0.1) is 11.8 Å². The van der Waals surface area contributed by atoms with Gasteiger partial charge in [0.15, 0.2) is 0 Å². The smallest absolute Gasteiger partial charge is 0.234 e. The molecule has 0 radical (unpaired) electrons. The van der Waals surface area contributed by atoms with Crippen molar-refractivity contribution in [2.24, 2.45) is 11.8 Å². The van der Waals surface area contributed by atoms with Crippen LogP contribution in [-0.2, 0) is 9.59 Å². The van der Waals surface area contributed by atoms with Crippen molar-refractivity contribution in [2.45, 2.75) is 19.8 Å². The van der Waals surface area contributed by atoms with Gasteiger partial charge in [0, 0.05) is 48.7 Å². The lowest BCUT2D eigenvalue weighted by atomic mass is 10.1. The molecule has 0 spiro atoms. The SMILES string of the molecule is C[C@H]1C[C@H]1C(=O)NCCC(=O)Nc1ccc(-c2cn3cccnc3n2)cc1. The summed E-state index contributed by atoms with van der Waals surface area (Å²) in [4.78, 5) is 32.5. The highest BCUT2D eigenvalue weighted by Crippen LogP contribution is 2.37. The summed E-state index contributed by atoms with van der Waals surface area (Å²) in [6.07, 6.45) is 6.73. The molecule has 4 rings (SSSR count). The second kappa shape index (κ2) is 7.19. The van der Waals surface area contributed by atoms with Crippen molar-refractivity contribution < 1.29 is 9.59 Å². The molecule has 0 aliphatic heterocycles. The molecule has 1 saturated carbocycles. The molecule has 0 bridgehead atoms. The topological polar surface area (TPSA) is 88.4 Å². The first-order chi connectivity index (χ1) is 13.1. The van der Waals surface area contributed by atoms with Gasteiger partial charge >= 0.3 is 0 Å². The molecule has 0 unspecified atom stereocenters. The number of anilines is 1. The van der Waals surface area contributed by atoms with Gasteiger partial charge in [-0.25, -0.2) is 9.97 Å². The number of hydrogen-bond donors (Lipinski definition) is 2. The average molecular weight is 363 g/mol. The van der Waals surface area contributed by atoms with Gasteiger partial charge in [-0.05, 0) is 30.5 Å². The van der Waals surface area contributed by atoms with Gasteiger partial charge in [-0.15, -0.1) is 0 Å². The Morgan fingerprint density at radius 2 is 2.04 bits per heavy atom. The quantitative estimate of drug-likeness (QED) is 0.704. The van der Waals surface area contributed by atoms with E-state index < -0.39 is 0 Å². The standard InChI is InChI=1S/C20H21N5O2/c1-13-11-16(13)19(27)21-9-7-18(26)23-15-5-3-14(4-6-15)17-12-25-10-2-8-22-20(25)24-17/h2-6,8,10,12-13,16H,7,9,11H2,1H3,(H,21,27)(H,23,26)/t13-,16+/m0/s1. The van der Waals surface area contributed by atoms with Crippen molar-refractivity contribution in [1.82, 2.24) is 19.7 Å². The molecule has 2 amide bonds. The van der Waals surface area contributed by atoms with Crippen molar-refractivity contribution in [3.05, 3.63) is 48.9 Å². The van der Waals surface area contributed by atoms with E-state index in [1.54, 1.807) is 6.20 Å². The van der Waals surface area contributed by atoms with Crippen LogP contribution in [0.15, 0.2) is 48.9 Å². The third-order valence-electron chi connectivity index (χ3n) is 4.80. The molecule has 1 aliphatic carbocycles. The van der Waals surface area contributed by atoms with Gasteiger partial charge in [0.25, 0.3) is 0 Å². The van der Waals surface area contributed by atoms with E-state index in [0.717, 1.165) is 17.7 Å². The van der Waals surface area contributed by atoms with Gasteiger partial charge in [0.05, 0.1) is 5.69 Å². The van der Waals surface area contributed by atoms with E-state index in [2.05, 4.69) is 27.5 Å². The number of aromatic nitrogens is 3. The Kier molecular flexibility index (Phi) is 4.58. The number of carbonyl (C=O) groups is 2. The van der Waals surface area contributed by atoms with E-state index in [0.29, 0.717) is 23.9 Å². The first-order valence-corrected chi connectivity index (χ1v) is 9.08. The summed E-state index contributed by atoms with van der Waals surface area (Å²) in [6.45, 7) is 2.42. The molecule has 1 aliphatic rings. The summed E-state index contributed by atoms with van der Waals surface area (Å²) >= 11 is 0. The first kappa shape index (κ1) is 17.2.